The van der Waals surface area contributed by atoms with Crippen LogP contribution in [-0.4, -0.2) is 14.8 Å². The maximum absolute atomic E-state index is 13.1. The van der Waals surface area contributed by atoms with Crippen LogP contribution in [0.2, 0.25) is 5.02 Å². The van der Waals surface area contributed by atoms with Gasteiger partial charge in [-0.05, 0) is 42.2 Å². The Morgan fingerprint density at radius 1 is 1.16 bits per heavy atom. The van der Waals surface area contributed by atoms with Crippen LogP contribution in [0.5, 0.6) is 0 Å². The van der Waals surface area contributed by atoms with Crippen molar-refractivity contribution in [3.05, 3.63) is 83.2 Å². The summed E-state index contributed by atoms with van der Waals surface area (Å²) in [4.78, 5) is 3.95. The molecule has 1 aromatic heterocycles. The van der Waals surface area contributed by atoms with Crippen molar-refractivity contribution in [3.8, 4) is 6.07 Å². The summed E-state index contributed by atoms with van der Waals surface area (Å²) in [5.41, 5.74) is 0.865. The van der Waals surface area contributed by atoms with Crippen LogP contribution in [0.1, 0.15) is 17.5 Å². The number of benzene rings is 2. The van der Waals surface area contributed by atoms with Crippen molar-refractivity contribution in [1.82, 2.24) is 14.8 Å². The molecule has 3 aromatic rings. The van der Waals surface area contributed by atoms with Crippen LogP contribution in [0.25, 0.3) is 0 Å². The van der Waals surface area contributed by atoms with Crippen molar-refractivity contribution >= 4 is 11.6 Å². The van der Waals surface area contributed by atoms with Crippen LogP contribution in [0, 0.1) is 17.1 Å². The summed E-state index contributed by atoms with van der Waals surface area (Å²) in [6, 6.07) is 16.1. The molecule has 4 nitrogen and oxygen atoms in total. The van der Waals surface area contributed by atoms with Gasteiger partial charge in [-0.25, -0.2) is 9.37 Å². The Morgan fingerprint density at radius 3 is 2.56 bits per heavy atom. The second-order valence-corrected chi connectivity index (χ2v) is 6.30. The summed E-state index contributed by atoms with van der Waals surface area (Å²) in [5.74, 6) is -0.274. The van der Waals surface area contributed by atoms with Crippen molar-refractivity contribution in [1.29, 1.82) is 5.26 Å². The van der Waals surface area contributed by atoms with E-state index in [1.807, 2.05) is 18.2 Å². The first-order valence-electron chi connectivity index (χ1n) is 7.86. The van der Waals surface area contributed by atoms with Gasteiger partial charge in [-0.2, -0.15) is 10.4 Å². The van der Waals surface area contributed by atoms with Gasteiger partial charge < -0.3 is 0 Å². The second-order valence-electron chi connectivity index (χ2n) is 5.89. The number of hydrogen-bond donors (Lipinski definition) is 0. The van der Waals surface area contributed by atoms with Crippen LogP contribution in [0.3, 0.4) is 0 Å². The fourth-order valence-electron chi connectivity index (χ4n) is 2.90. The number of nitriles is 1. The monoisotopic (exact) mass is 354 g/mol. The molecular weight excluding hydrogens is 339 g/mol. The van der Waals surface area contributed by atoms with Gasteiger partial charge in [0.25, 0.3) is 0 Å². The molecule has 0 aliphatic heterocycles. The van der Waals surface area contributed by atoms with Crippen LogP contribution in [0.15, 0.2) is 61.2 Å². The van der Waals surface area contributed by atoms with E-state index in [2.05, 4.69) is 16.2 Å². The molecule has 1 atom stereocenters. The quantitative estimate of drug-likeness (QED) is 0.667. The highest BCUT2D eigenvalue weighted by atomic mass is 35.5. The number of rotatable bonds is 6. The Labute approximate surface area is 150 Å². The molecule has 0 fully saturated rings. The van der Waals surface area contributed by atoms with Gasteiger partial charge in [0.15, 0.2) is 0 Å². The highest BCUT2D eigenvalue weighted by molar-refractivity contribution is 6.31. The molecule has 3 rings (SSSR count). The molecule has 0 aliphatic carbocycles. The molecule has 0 amide bonds. The lowest BCUT2D eigenvalue weighted by molar-refractivity contribution is 0.402. The topological polar surface area (TPSA) is 54.5 Å². The lowest BCUT2D eigenvalue weighted by Gasteiger charge is -2.28. The minimum absolute atomic E-state index is 0.274. The molecule has 0 bridgehead atoms. The number of nitrogens with zero attached hydrogens (tertiary/aromatic N) is 4. The predicted octanol–water partition coefficient (Wildman–Crippen LogP) is 4.16. The summed E-state index contributed by atoms with van der Waals surface area (Å²) in [5, 5.41) is 14.7. The normalized spacial score (nSPS) is 13.2. The molecule has 25 heavy (non-hydrogen) atoms. The van der Waals surface area contributed by atoms with E-state index in [0.717, 1.165) is 11.1 Å². The van der Waals surface area contributed by atoms with E-state index in [9.17, 15) is 9.65 Å². The second kappa shape index (κ2) is 7.45. The fraction of sp³-hybridized carbons (Fsp3) is 0.211. The Hall–Kier alpha value is -2.71. The van der Waals surface area contributed by atoms with Gasteiger partial charge in [-0.1, -0.05) is 41.9 Å². The molecule has 6 heteroatoms. The van der Waals surface area contributed by atoms with Crippen molar-refractivity contribution in [2.45, 2.75) is 24.8 Å². The Morgan fingerprint density at radius 2 is 1.92 bits per heavy atom. The largest absolute Gasteiger partial charge is 0.251 e. The van der Waals surface area contributed by atoms with Crippen LogP contribution < -0.4 is 0 Å². The summed E-state index contributed by atoms with van der Waals surface area (Å²) in [7, 11) is 0. The zero-order valence-electron chi connectivity index (χ0n) is 13.4. The minimum Gasteiger partial charge on any atom is -0.251 e. The van der Waals surface area contributed by atoms with Gasteiger partial charge in [0, 0.05) is 5.02 Å². The molecule has 0 spiro atoms. The molecule has 0 saturated carbocycles. The van der Waals surface area contributed by atoms with E-state index >= 15 is 0 Å². The van der Waals surface area contributed by atoms with E-state index in [0.29, 0.717) is 24.4 Å². The Kier molecular flexibility index (Phi) is 5.11. The van der Waals surface area contributed by atoms with Crippen LogP contribution in [0.4, 0.5) is 4.39 Å². The fourth-order valence-corrected chi connectivity index (χ4v) is 3.22. The summed E-state index contributed by atoms with van der Waals surface area (Å²) < 4.78 is 14.7. The van der Waals surface area contributed by atoms with Crippen LogP contribution >= 0.6 is 11.6 Å². The molecule has 1 heterocycles. The molecule has 2 aromatic carbocycles. The first kappa shape index (κ1) is 17.1. The minimum atomic E-state index is -0.861. The molecule has 0 radical (unpaired) electrons. The van der Waals surface area contributed by atoms with Crippen molar-refractivity contribution in [3.63, 3.8) is 0 Å². The smallest absolute Gasteiger partial charge is 0.137 e. The maximum Gasteiger partial charge on any atom is 0.137 e. The third-order valence-electron chi connectivity index (χ3n) is 4.26. The predicted molar refractivity (Wildman–Crippen MR) is 93.5 cm³/mol. The molecule has 126 valence electrons. The highest BCUT2D eigenvalue weighted by Crippen LogP contribution is 2.35. The summed E-state index contributed by atoms with van der Waals surface area (Å²) in [6.07, 6.45) is 4.17. The lowest BCUT2D eigenvalue weighted by Crippen LogP contribution is -2.31. The van der Waals surface area contributed by atoms with E-state index in [-0.39, 0.29) is 5.82 Å². The third kappa shape index (κ3) is 3.86. The van der Waals surface area contributed by atoms with Gasteiger partial charge in [0.05, 0.1) is 12.6 Å². The first-order chi connectivity index (χ1) is 12.1. The standard InChI is InChI=1S/C19H16ClFN4/c20-18-4-2-1-3-17(18)19(11-22,12-25-14-23-13-24-25)10-9-15-5-7-16(21)8-6-15/h1-8,13-14H,9-10,12H2. The van der Waals surface area contributed by atoms with Gasteiger partial charge >= 0.3 is 0 Å². The molecule has 1 unspecified atom stereocenters. The van der Waals surface area contributed by atoms with Crippen molar-refractivity contribution < 1.29 is 4.39 Å². The lowest BCUT2D eigenvalue weighted by atomic mass is 9.77. The average Bonchev–Trinajstić information content (AvgIpc) is 3.13. The molecule has 0 N–H and O–H groups in total. The average molecular weight is 355 g/mol. The maximum atomic E-state index is 13.1. The SMILES string of the molecule is N#CC(CCc1ccc(F)cc1)(Cn1cncn1)c1ccccc1Cl. The van der Waals surface area contributed by atoms with E-state index in [4.69, 9.17) is 11.6 Å². The first-order valence-corrected chi connectivity index (χ1v) is 8.24. The molecule has 0 aliphatic rings. The third-order valence-corrected chi connectivity index (χ3v) is 4.59. The highest BCUT2D eigenvalue weighted by Gasteiger charge is 2.35. The summed E-state index contributed by atoms with van der Waals surface area (Å²) >= 11 is 6.38. The van der Waals surface area contributed by atoms with Crippen LogP contribution in [-0.2, 0) is 18.4 Å². The Balaban J connectivity index is 1.94. The zero-order valence-corrected chi connectivity index (χ0v) is 14.2. The van der Waals surface area contributed by atoms with E-state index in [1.54, 1.807) is 29.2 Å². The summed E-state index contributed by atoms with van der Waals surface area (Å²) in [6.45, 7) is 0.342. The van der Waals surface area contributed by atoms with Gasteiger partial charge in [0.2, 0.25) is 0 Å². The Bertz CT molecular complexity index is 871. The zero-order chi connectivity index (χ0) is 17.7. The van der Waals surface area contributed by atoms with Gasteiger partial charge in [-0.3, -0.25) is 4.68 Å². The number of aryl methyl sites for hydroxylation is 1. The number of aromatic nitrogens is 3. The number of halogens is 2. The molecular formula is C19H16ClFN4. The molecule has 0 saturated heterocycles. The van der Waals surface area contributed by atoms with Gasteiger partial charge in [0.1, 0.15) is 23.9 Å². The van der Waals surface area contributed by atoms with Crippen molar-refractivity contribution in [2.24, 2.45) is 0 Å². The van der Waals surface area contributed by atoms with E-state index < -0.39 is 5.41 Å². The van der Waals surface area contributed by atoms with Crippen molar-refractivity contribution in [2.75, 3.05) is 0 Å². The number of hydrogen-bond acceptors (Lipinski definition) is 3. The van der Waals surface area contributed by atoms with E-state index in [1.165, 1.54) is 18.5 Å². The van der Waals surface area contributed by atoms with Gasteiger partial charge in [-0.15, -0.1) is 0 Å².